The van der Waals surface area contributed by atoms with Crippen molar-refractivity contribution < 1.29 is 46.6 Å². The molecule has 0 aliphatic carbocycles. The van der Waals surface area contributed by atoms with Gasteiger partial charge in [-0.2, -0.15) is 0 Å². The molecule has 0 saturated heterocycles. The van der Waals surface area contributed by atoms with Gasteiger partial charge in [-0.3, -0.25) is 14.4 Å². The first-order valence-corrected chi connectivity index (χ1v) is 17.0. The van der Waals surface area contributed by atoms with Crippen molar-refractivity contribution in [2.45, 2.75) is 71.2 Å². The quantitative estimate of drug-likeness (QED) is 0.0604. The molecule has 0 aliphatic heterocycles. The van der Waals surface area contributed by atoms with Crippen LogP contribution in [0.4, 0.5) is 18.9 Å². The van der Waals surface area contributed by atoms with Gasteiger partial charge >= 0.3 is 12.3 Å². The second kappa shape index (κ2) is 19.1. The molecule has 2 amide bonds. The van der Waals surface area contributed by atoms with Crippen LogP contribution in [0.3, 0.4) is 0 Å². The molecule has 0 aliphatic rings. The molecule has 0 spiro atoms. The number of amides is 2. The van der Waals surface area contributed by atoms with E-state index in [1.807, 2.05) is 0 Å². The van der Waals surface area contributed by atoms with Crippen LogP contribution >= 0.6 is 0 Å². The summed E-state index contributed by atoms with van der Waals surface area (Å²) in [6.45, 7) is 4.18. The molecule has 12 heteroatoms. The fraction of sp³-hybridized carbons (Fsp3) is 0.300. The molecule has 0 aromatic heterocycles. The lowest BCUT2D eigenvalue weighted by molar-refractivity contribution is -0.274. The minimum absolute atomic E-state index is 0.0960. The molecule has 1 atom stereocenters. The number of alkyl halides is 3. The smallest absolute Gasteiger partial charge is 0.494 e. The molecule has 4 aromatic rings. The number of anilines is 1. The van der Waals surface area contributed by atoms with Gasteiger partial charge in [0.15, 0.2) is 5.78 Å². The number of halogens is 3. The largest absolute Gasteiger partial charge is 0.573 e. The summed E-state index contributed by atoms with van der Waals surface area (Å²) in [6.07, 6.45) is 1.02. The third kappa shape index (κ3) is 13.2. The Morgan fingerprint density at radius 2 is 1.27 bits per heavy atom. The number of Topliss-reactive ketones (excluding diaryl/α,β-unsaturated/α-hetero) is 1. The second-order valence-electron chi connectivity index (χ2n) is 12.2. The number of benzene rings is 4. The summed E-state index contributed by atoms with van der Waals surface area (Å²) < 4.78 is 52.2. The molecule has 9 nitrogen and oxygen atoms in total. The Hall–Kier alpha value is -5.65. The lowest BCUT2D eigenvalue weighted by Crippen LogP contribution is -2.41. The topological polar surface area (TPSA) is 120 Å². The van der Waals surface area contributed by atoms with Crippen LogP contribution in [0, 0.1) is 0 Å². The number of hydrogen-bond acceptors (Lipinski definition) is 7. The third-order valence-corrected chi connectivity index (χ3v) is 7.93. The van der Waals surface area contributed by atoms with Crippen molar-refractivity contribution in [3.63, 3.8) is 0 Å². The van der Waals surface area contributed by atoms with Crippen molar-refractivity contribution in [2.24, 2.45) is 0 Å². The predicted molar refractivity (Wildman–Crippen MR) is 190 cm³/mol. The molecule has 0 saturated carbocycles. The fourth-order valence-electron chi connectivity index (χ4n) is 5.12. The van der Waals surface area contributed by atoms with Crippen molar-refractivity contribution in [1.82, 2.24) is 5.32 Å². The van der Waals surface area contributed by atoms with E-state index in [4.69, 9.17) is 9.47 Å². The normalized spacial score (nSPS) is 11.6. The van der Waals surface area contributed by atoms with Crippen LogP contribution in [0.2, 0.25) is 0 Å². The maximum absolute atomic E-state index is 13.0. The molecule has 0 radical (unpaired) electrons. The molecule has 0 fully saturated rings. The lowest BCUT2D eigenvalue weighted by atomic mass is 10.0. The number of rotatable bonds is 18. The number of carbonyl (C=O) groups excluding carboxylic acids is 4. The van der Waals surface area contributed by atoms with Gasteiger partial charge in [-0.05, 0) is 104 Å². The van der Waals surface area contributed by atoms with Crippen LogP contribution in [0.1, 0.15) is 77.8 Å². The van der Waals surface area contributed by atoms with E-state index in [1.54, 1.807) is 48.5 Å². The molecule has 274 valence electrons. The van der Waals surface area contributed by atoms with Crippen LogP contribution in [-0.2, 0) is 22.4 Å². The van der Waals surface area contributed by atoms with Gasteiger partial charge in [0.1, 0.15) is 17.2 Å². The Kier molecular flexibility index (Phi) is 14.4. The summed E-state index contributed by atoms with van der Waals surface area (Å²) in [7, 11) is 0. The summed E-state index contributed by atoms with van der Waals surface area (Å²) >= 11 is 0. The zero-order chi connectivity index (χ0) is 37.5. The molecule has 52 heavy (non-hydrogen) atoms. The van der Waals surface area contributed by atoms with Gasteiger partial charge in [-0.25, -0.2) is 4.79 Å². The number of ketones is 1. The first-order valence-electron chi connectivity index (χ1n) is 17.0. The number of carbonyl (C=O) groups is 4. The Labute approximate surface area is 300 Å². The van der Waals surface area contributed by atoms with E-state index in [0.717, 1.165) is 30.5 Å². The number of hydrogen-bond donors (Lipinski definition) is 2. The van der Waals surface area contributed by atoms with Crippen LogP contribution < -0.4 is 24.8 Å². The Balaban J connectivity index is 1.23. The summed E-state index contributed by atoms with van der Waals surface area (Å²) in [4.78, 5) is 50.5. The molecule has 0 bridgehead atoms. The molecule has 4 aromatic carbocycles. The Morgan fingerprint density at radius 1 is 0.692 bits per heavy atom. The van der Waals surface area contributed by atoms with Gasteiger partial charge in [0.2, 0.25) is 5.91 Å². The van der Waals surface area contributed by atoms with E-state index >= 15 is 0 Å². The summed E-state index contributed by atoms with van der Waals surface area (Å²) in [5.74, 6) is -1.06. The van der Waals surface area contributed by atoms with Crippen molar-refractivity contribution >= 4 is 29.3 Å². The van der Waals surface area contributed by atoms with Crippen molar-refractivity contribution in [1.29, 1.82) is 0 Å². The van der Waals surface area contributed by atoms with Crippen LogP contribution in [0.15, 0.2) is 97.1 Å². The molecule has 0 heterocycles. The first-order chi connectivity index (χ1) is 24.9. The van der Waals surface area contributed by atoms with Crippen molar-refractivity contribution in [3.05, 3.63) is 119 Å². The maximum Gasteiger partial charge on any atom is 0.573 e. The molecular formula is C40H41F3N2O7. The molecule has 4 rings (SSSR count). The summed E-state index contributed by atoms with van der Waals surface area (Å²) in [5.41, 5.74) is 2.24. The Bertz CT molecular complexity index is 1770. The highest BCUT2D eigenvalue weighted by atomic mass is 19.4. The number of unbranched alkanes of at least 4 members (excludes halogenated alkanes) is 4. The fourth-order valence-corrected chi connectivity index (χ4v) is 5.12. The zero-order valence-electron chi connectivity index (χ0n) is 29.0. The van der Waals surface area contributed by atoms with Gasteiger partial charge in [0, 0.05) is 11.3 Å². The van der Waals surface area contributed by atoms with Crippen molar-refractivity contribution in [2.75, 3.05) is 11.9 Å². The van der Waals surface area contributed by atoms with E-state index in [2.05, 4.69) is 22.3 Å². The number of nitrogens with one attached hydrogen (secondary N) is 2. The molecular weight excluding hydrogens is 677 g/mol. The van der Waals surface area contributed by atoms with Crippen LogP contribution in [-0.4, -0.2) is 42.6 Å². The highest BCUT2D eigenvalue weighted by Gasteiger charge is 2.31. The number of esters is 1. The first kappa shape index (κ1) is 39.1. The highest BCUT2D eigenvalue weighted by molar-refractivity contribution is 5.98. The van der Waals surface area contributed by atoms with E-state index in [9.17, 15) is 32.3 Å². The van der Waals surface area contributed by atoms with Gasteiger partial charge in [0.05, 0.1) is 24.6 Å². The minimum atomic E-state index is -4.81. The molecule has 0 unspecified atom stereocenters. The van der Waals surface area contributed by atoms with Crippen molar-refractivity contribution in [3.8, 4) is 17.2 Å². The SMILES string of the molecule is CCCCCCCOc1ccc(C(=O)Oc2ccc(C[C@H](NC(=O)c3ccc(NC(=O)Cc4ccc(OC(F)(F)F)cc4)cc3)C(C)=O)cc2)cc1. The lowest BCUT2D eigenvalue weighted by Gasteiger charge is -2.17. The highest BCUT2D eigenvalue weighted by Crippen LogP contribution is 2.23. The summed E-state index contributed by atoms with van der Waals surface area (Å²) in [5, 5.41) is 5.41. The third-order valence-electron chi connectivity index (χ3n) is 7.93. The van der Waals surface area contributed by atoms with E-state index in [-0.39, 0.29) is 29.9 Å². The second-order valence-corrected chi connectivity index (χ2v) is 12.2. The standard InChI is InChI=1S/C40H41F3N2O7/c1-3-4-5-6-7-24-50-33-22-14-31(15-23-33)39(49)51-34-18-8-28(9-19-34)25-36(27(2)46)45-38(48)30-12-16-32(17-13-30)44-37(47)26-29-10-20-35(21-11-29)52-40(41,42)43/h8-23,36H,3-7,24-26H2,1-2H3,(H,44,47)(H,45,48)/t36-/m0/s1. The monoisotopic (exact) mass is 718 g/mol. The van der Waals surface area contributed by atoms with Gasteiger partial charge in [0.25, 0.3) is 5.91 Å². The minimum Gasteiger partial charge on any atom is -0.494 e. The van der Waals surface area contributed by atoms with Crippen LogP contribution in [0.5, 0.6) is 17.2 Å². The zero-order valence-corrected chi connectivity index (χ0v) is 29.0. The average Bonchev–Trinajstić information content (AvgIpc) is 3.11. The summed E-state index contributed by atoms with van der Waals surface area (Å²) in [6, 6.07) is 23.6. The van der Waals surface area contributed by atoms with Gasteiger partial charge in [-0.15, -0.1) is 13.2 Å². The van der Waals surface area contributed by atoms with E-state index in [0.29, 0.717) is 34.9 Å². The van der Waals surface area contributed by atoms with Crippen LogP contribution in [0.25, 0.3) is 0 Å². The van der Waals surface area contributed by atoms with E-state index in [1.165, 1.54) is 62.6 Å². The molecule has 2 N–H and O–H groups in total. The predicted octanol–water partition coefficient (Wildman–Crippen LogP) is 8.26. The Morgan fingerprint density at radius 3 is 1.88 bits per heavy atom. The average molecular weight is 719 g/mol. The van der Waals surface area contributed by atoms with Gasteiger partial charge in [-0.1, -0.05) is 56.9 Å². The van der Waals surface area contributed by atoms with E-state index < -0.39 is 30.2 Å². The van der Waals surface area contributed by atoms with Gasteiger partial charge < -0.3 is 24.8 Å². The maximum atomic E-state index is 13.0. The number of ether oxygens (including phenoxy) is 3.